The lowest BCUT2D eigenvalue weighted by Crippen LogP contribution is -2.22. The van der Waals surface area contributed by atoms with E-state index in [1.807, 2.05) is 53.4 Å². The number of para-hydroxylation sites is 2. The van der Waals surface area contributed by atoms with Crippen LogP contribution in [-0.2, 0) is 0 Å². The highest BCUT2D eigenvalue weighted by Gasteiger charge is 2.17. The van der Waals surface area contributed by atoms with Crippen molar-refractivity contribution in [1.82, 2.24) is 14.2 Å². The summed E-state index contributed by atoms with van der Waals surface area (Å²) in [6, 6.07) is 14.7. The van der Waals surface area contributed by atoms with Crippen LogP contribution in [0.25, 0.3) is 16.7 Å². The molecule has 0 radical (unpaired) electrons. The maximum atomic E-state index is 12.8. The maximum absolute atomic E-state index is 12.8. The van der Waals surface area contributed by atoms with Gasteiger partial charge < -0.3 is 9.30 Å². The Morgan fingerprint density at radius 2 is 1.92 bits per heavy atom. The van der Waals surface area contributed by atoms with Crippen LogP contribution in [0.2, 0.25) is 5.02 Å². The Kier molecular flexibility index (Phi) is 4.10. The van der Waals surface area contributed by atoms with Gasteiger partial charge in [0, 0.05) is 18.5 Å². The smallest absolute Gasteiger partial charge is 0.273 e. The molecule has 0 atom stereocenters. The van der Waals surface area contributed by atoms with Gasteiger partial charge >= 0.3 is 0 Å². The zero-order valence-corrected chi connectivity index (χ0v) is 14.6. The fraction of sp³-hybridized carbons (Fsp3) is 0.0526. The van der Waals surface area contributed by atoms with Gasteiger partial charge in [-0.1, -0.05) is 23.7 Å². The molecule has 0 bridgehead atoms. The predicted octanol–water partition coefficient (Wildman–Crippen LogP) is 3.87. The van der Waals surface area contributed by atoms with Crippen LogP contribution in [0.5, 0.6) is 5.75 Å². The van der Waals surface area contributed by atoms with Crippen molar-refractivity contribution >= 4 is 28.5 Å². The number of carbonyl (C=O) groups is 1. The molecule has 2 aromatic carbocycles. The number of ether oxygens (including phenoxy) is 1. The molecule has 1 amide bonds. The van der Waals surface area contributed by atoms with Gasteiger partial charge in [0.1, 0.15) is 12.1 Å². The summed E-state index contributed by atoms with van der Waals surface area (Å²) in [6.45, 7) is 0. The van der Waals surface area contributed by atoms with Gasteiger partial charge in [0.2, 0.25) is 0 Å². The number of benzene rings is 2. The first-order valence-electron chi connectivity index (χ1n) is 7.91. The van der Waals surface area contributed by atoms with Crippen molar-refractivity contribution in [1.29, 1.82) is 0 Å². The summed E-state index contributed by atoms with van der Waals surface area (Å²) in [5.41, 5.74) is 5.47. The second-order valence-electron chi connectivity index (χ2n) is 5.64. The predicted molar refractivity (Wildman–Crippen MR) is 101 cm³/mol. The van der Waals surface area contributed by atoms with Crippen molar-refractivity contribution in [2.75, 3.05) is 12.5 Å². The third kappa shape index (κ3) is 2.80. The molecular formula is C19H15ClN4O2. The van der Waals surface area contributed by atoms with Gasteiger partial charge in [-0.25, -0.2) is 9.66 Å². The van der Waals surface area contributed by atoms with Gasteiger partial charge in [-0.05, 0) is 30.3 Å². The van der Waals surface area contributed by atoms with Crippen LogP contribution in [0.3, 0.4) is 0 Å². The van der Waals surface area contributed by atoms with E-state index in [2.05, 4.69) is 10.4 Å². The minimum Gasteiger partial charge on any atom is -0.496 e. The van der Waals surface area contributed by atoms with Crippen molar-refractivity contribution in [2.45, 2.75) is 0 Å². The number of nitrogens with zero attached hydrogens (tertiary/aromatic N) is 3. The number of halogens is 1. The highest BCUT2D eigenvalue weighted by Crippen LogP contribution is 2.30. The molecule has 7 heteroatoms. The lowest BCUT2D eigenvalue weighted by molar-refractivity contribution is 0.101. The molecule has 0 saturated carbocycles. The molecule has 4 rings (SSSR count). The Labute approximate surface area is 154 Å². The van der Waals surface area contributed by atoms with E-state index in [0.717, 1.165) is 16.7 Å². The van der Waals surface area contributed by atoms with E-state index in [0.29, 0.717) is 16.3 Å². The third-order valence-electron chi connectivity index (χ3n) is 4.07. The SMILES string of the molecule is COc1cc(-n2cccc2)c(Cl)cc1C(=O)Nn1cnc2ccccc21. The van der Waals surface area contributed by atoms with Crippen LogP contribution in [0.4, 0.5) is 0 Å². The number of hydrogen-bond acceptors (Lipinski definition) is 3. The maximum Gasteiger partial charge on any atom is 0.273 e. The molecule has 0 aliphatic carbocycles. The van der Waals surface area contributed by atoms with E-state index >= 15 is 0 Å². The van der Waals surface area contributed by atoms with Crippen molar-refractivity contribution in [3.05, 3.63) is 77.8 Å². The van der Waals surface area contributed by atoms with E-state index < -0.39 is 0 Å². The molecule has 130 valence electrons. The van der Waals surface area contributed by atoms with Crippen LogP contribution in [0.15, 0.2) is 67.3 Å². The van der Waals surface area contributed by atoms with E-state index in [1.54, 1.807) is 23.1 Å². The Morgan fingerprint density at radius 1 is 1.15 bits per heavy atom. The fourth-order valence-electron chi connectivity index (χ4n) is 2.80. The normalized spacial score (nSPS) is 10.8. The fourth-order valence-corrected chi connectivity index (χ4v) is 3.06. The van der Waals surface area contributed by atoms with Crippen LogP contribution >= 0.6 is 11.6 Å². The Morgan fingerprint density at radius 3 is 2.69 bits per heavy atom. The number of aromatic nitrogens is 3. The lowest BCUT2D eigenvalue weighted by Gasteiger charge is -2.14. The van der Waals surface area contributed by atoms with Gasteiger partial charge in [-0.15, -0.1) is 0 Å². The number of carbonyl (C=O) groups excluding carboxylic acids is 1. The van der Waals surface area contributed by atoms with Gasteiger partial charge in [-0.2, -0.15) is 0 Å². The molecule has 6 nitrogen and oxygen atoms in total. The highest BCUT2D eigenvalue weighted by molar-refractivity contribution is 6.33. The molecule has 0 aliphatic rings. The standard InChI is InChI=1S/C19H15ClN4O2/c1-26-18-11-17(23-8-4-5-9-23)14(20)10-13(18)19(25)22-24-12-21-15-6-2-3-7-16(15)24/h2-12H,1H3,(H,22,25). The molecule has 2 aromatic heterocycles. The van der Waals surface area contributed by atoms with Crippen LogP contribution in [0, 0.1) is 0 Å². The monoisotopic (exact) mass is 366 g/mol. The van der Waals surface area contributed by atoms with Gasteiger partial charge in [0.15, 0.2) is 0 Å². The average Bonchev–Trinajstić information content (AvgIpc) is 3.32. The first-order valence-corrected chi connectivity index (χ1v) is 8.29. The number of hydrogen-bond donors (Lipinski definition) is 1. The van der Waals surface area contributed by atoms with Crippen LogP contribution < -0.4 is 10.2 Å². The largest absolute Gasteiger partial charge is 0.496 e. The summed E-state index contributed by atoms with van der Waals surface area (Å²) in [7, 11) is 1.52. The number of nitrogens with one attached hydrogen (secondary N) is 1. The molecule has 4 aromatic rings. The molecule has 0 saturated heterocycles. The first-order chi connectivity index (χ1) is 12.7. The minimum atomic E-state index is -0.342. The molecule has 26 heavy (non-hydrogen) atoms. The summed E-state index contributed by atoms with van der Waals surface area (Å²) in [4.78, 5) is 17.0. The quantitative estimate of drug-likeness (QED) is 0.596. The van der Waals surface area contributed by atoms with E-state index in [1.165, 1.54) is 7.11 Å². The molecule has 0 unspecified atom stereocenters. The molecule has 0 aliphatic heterocycles. The third-order valence-corrected chi connectivity index (χ3v) is 4.37. The van der Waals surface area contributed by atoms with Crippen LogP contribution in [-0.4, -0.2) is 27.2 Å². The van der Waals surface area contributed by atoms with Crippen molar-refractivity contribution in [3.8, 4) is 11.4 Å². The van der Waals surface area contributed by atoms with Crippen molar-refractivity contribution in [3.63, 3.8) is 0 Å². The van der Waals surface area contributed by atoms with Crippen LogP contribution in [0.1, 0.15) is 10.4 Å². The molecular weight excluding hydrogens is 352 g/mol. The zero-order valence-electron chi connectivity index (χ0n) is 13.9. The highest BCUT2D eigenvalue weighted by atomic mass is 35.5. The second-order valence-corrected chi connectivity index (χ2v) is 6.05. The number of methoxy groups -OCH3 is 1. The number of fused-ring (bicyclic) bond motifs is 1. The van der Waals surface area contributed by atoms with Crippen molar-refractivity contribution in [2.24, 2.45) is 0 Å². The summed E-state index contributed by atoms with van der Waals surface area (Å²) in [5, 5.41) is 0.447. The first kappa shape index (κ1) is 16.2. The van der Waals surface area contributed by atoms with E-state index in [-0.39, 0.29) is 5.91 Å². The van der Waals surface area contributed by atoms with Gasteiger partial charge in [0.25, 0.3) is 5.91 Å². The average molecular weight is 367 g/mol. The van der Waals surface area contributed by atoms with E-state index in [9.17, 15) is 4.79 Å². The Balaban J connectivity index is 1.70. The van der Waals surface area contributed by atoms with Gasteiger partial charge in [0.05, 0.1) is 34.4 Å². The zero-order chi connectivity index (χ0) is 18.1. The topological polar surface area (TPSA) is 61.1 Å². The summed E-state index contributed by atoms with van der Waals surface area (Å²) in [6.07, 6.45) is 5.31. The summed E-state index contributed by atoms with van der Waals surface area (Å²) >= 11 is 6.40. The molecule has 1 N–H and O–H groups in total. The molecule has 0 spiro atoms. The Hall–Kier alpha value is -3.25. The molecule has 0 fully saturated rings. The molecule has 2 heterocycles. The van der Waals surface area contributed by atoms with Crippen molar-refractivity contribution < 1.29 is 9.53 Å². The second kappa shape index (κ2) is 6.57. The Bertz CT molecular complexity index is 1090. The minimum absolute atomic E-state index is 0.339. The number of rotatable bonds is 4. The summed E-state index contributed by atoms with van der Waals surface area (Å²) < 4.78 is 8.84. The number of imidazole rings is 1. The number of amides is 1. The lowest BCUT2D eigenvalue weighted by atomic mass is 10.1. The summed E-state index contributed by atoms with van der Waals surface area (Å²) in [5.74, 6) is 0.0889. The van der Waals surface area contributed by atoms with E-state index in [4.69, 9.17) is 16.3 Å². The van der Waals surface area contributed by atoms with Gasteiger partial charge in [-0.3, -0.25) is 10.2 Å².